The van der Waals surface area contributed by atoms with E-state index in [9.17, 15) is 5.11 Å². The summed E-state index contributed by atoms with van der Waals surface area (Å²) in [7, 11) is 1.57. The minimum atomic E-state index is 0.116. The average molecular weight is 343 g/mol. The molecule has 1 aliphatic heterocycles. The van der Waals surface area contributed by atoms with Gasteiger partial charge >= 0.3 is 0 Å². The number of rotatable bonds is 3. The minimum absolute atomic E-state index is 0.116. The molecule has 0 saturated heterocycles. The van der Waals surface area contributed by atoms with Crippen LogP contribution in [0.4, 0.5) is 0 Å². The van der Waals surface area contributed by atoms with Crippen LogP contribution in [0.15, 0.2) is 46.0 Å². The Balaban J connectivity index is 1.84. The molecule has 0 aliphatic carbocycles. The number of phenols is 1. The van der Waals surface area contributed by atoms with Gasteiger partial charge in [-0.25, -0.2) is 0 Å². The molecular weight excluding hydrogens is 330 g/mol. The monoisotopic (exact) mass is 343 g/mol. The average Bonchev–Trinajstić information content (AvgIpc) is 3.24. The van der Waals surface area contributed by atoms with E-state index < -0.39 is 0 Å². The van der Waals surface area contributed by atoms with Crippen molar-refractivity contribution in [3.63, 3.8) is 0 Å². The topological polar surface area (TPSA) is 74.0 Å². The van der Waals surface area contributed by atoms with Crippen LogP contribution >= 0.6 is 12.6 Å². The Hall–Kier alpha value is -2.80. The third-order valence-electron chi connectivity index (χ3n) is 3.79. The van der Waals surface area contributed by atoms with Crippen molar-refractivity contribution in [1.82, 2.24) is 5.16 Å². The smallest absolute Gasteiger partial charge is 0.231 e. The predicted molar refractivity (Wildman–Crippen MR) is 89.0 cm³/mol. The molecule has 0 fully saturated rings. The van der Waals surface area contributed by atoms with Gasteiger partial charge in [-0.3, -0.25) is 0 Å². The molecule has 0 amide bonds. The highest BCUT2D eigenvalue weighted by Crippen LogP contribution is 2.45. The molecule has 6 nitrogen and oxygen atoms in total. The summed E-state index contributed by atoms with van der Waals surface area (Å²) in [6.45, 7) is 0.155. The zero-order chi connectivity index (χ0) is 16.7. The maximum Gasteiger partial charge on any atom is 0.231 e. The summed E-state index contributed by atoms with van der Waals surface area (Å²) < 4.78 is 21.4. The van der Waals surface area contributed by atoms with Gasteiger partial charge in [0.05, 0.1) is 7.11 Å². The Morgan fingerprint density at radius 1 is 1.17 bits per heavy atom. The number of thiol groups is 1. The second kappa shape index (κ2) is 5.68. The van der Waals surface area contributed by atoms with E-state index in [2.05, 4.69) is 17.8 Å². The van der Waals surface area contributed by atoms with Crippen molar-refractivity contribution in [2.75, 3.05) is 13.9 Å². The van der Waals surface area contributed by atoms with E-state index in [4.69, 9.17) is 18.7 Å². The van der Waals surface area contributed by atoms with E-state index in [1.54, 1.807) is 31.6 Å². The second-order valence-electron chi connectivity index (χ2n) is 5.19. The summed E-state index contributed by atoms with van der Waals surface area (Å²) in [4.78, 5) is 0.475. The lowest BCUT2D eigenvalue weighted by Crippen LogP contribution is -1.93. The Kier molecular flexibility index (Phi) is 3.50. The second-order valence-corrected chi connectivity index (χ2v) is 5.67. The van der Waals surface area contributed by atoms with Crippen LogP contribution in [0.5, 0.6) is 23.0 Å². The third kappa shape index (κ3) is 2.33. The van der Waals surface area contributed by atoms with Crippen LogP contribution < -0.4 is 14.2 Å². The summed E-state index contributed by atoms with van der Waals surface area (Å²) in [5.74, 6) is 1.85. The van der Waals surface area contributed by atoms with Crippen LogP contribution in [0, 0.1) is 0 Å². The molecule has 0 spiro atoms. The molecule has 1 N–H and O–H groups in total. The van der Waals surface area contributed by atoms with Crippen LogP contribution in [-0.2, 0) is 0 Å². The molecule has 0 bridgehead atoms. The molecule has 0 atom stereocenters. The van der Waals surface area contributed by atoms with Gasteiger partial charge in [0.15, 0.2) is 11.5 Å². The van der Waals surface area contributed by atoms with Gasteiger partial charge in [0, 0.05) is 16.0 Å². The number of benzene rings is 2. The van der Waals surface area contributed by atoms with Gasteiger partial charge in [-0.1, -0.05) is 11.2 Å². The third-order valence-corrected chi connectivity index (χ3v) is 4.15. The van der Waals surface area contributed by atoms with E-state index in [-0.39, 0.29) is 12.5 Å². The molecule has 122 valence electrons. The van der Waals surface area contributed by atoms with Crippen molar-refractivity contribution in [2.24, 2.45) is 0 Å². The molecule has 0 radical (unpaired) electrons. The number of fused-ring (bicyclic) bond motifs is 1. The first-order valence-electron chi connectivity index (χ1n) is 7.12. The van der Waals surface area contributed by atoms with Gasteiger partial charge in [0.2, 0.25) is 12.5 Å². The van der Waals surface area contributed by atoms with Crippen molar-refractivity contribution in [1.29, 1.82) is 0 Å². The maximum atomic E-state index is 9.64. The highest BCUT2D eigenvalue weighted by Gasteiger charge is 2.23. The van der Waals surface area contributed by atoms with E-state index in [1.165, 1.54) is 0 Å². The molecule has 1 aromatic heterocycles. The first-order chi connectivity index (χ1) is 11.7. The summed E-state index contributed by atoms with van der Waals surface area (Å²) in [5, 5.41) is 13.7. The fourth-order valence-corrected chi connectivity index (χ4v) is 2.82. The van der Waals surface area contributed by atoms with Crippen molar-refractivity contribution in [2.45, 2.75) is 4.90 Å². The molecule has 0 unspecified atom stereocenters. The van der Waals surface area contributed by atoms with E-state index >= 15 is 0 Å². The molecule has 7 heteroatoms. The van der Waals surface area contributed by atoms with Gasteiger partial charge in [0.1, 0.15) is 17.7 Å². The van der Waals surface area contributed by atoms with E-state index in [1.807, 2.05) is 12.1 Å². The summed E-state index contributed by atoms with van der Waals surface area (Å²) in [6, 6.07) is 8.74. The van der Waals surface area contributed by atoms with Gasteiger partial charge in [-0.05, 0) is 29.8 Å². The van der Waals surface area contributed by atoms with Crippen LogP contribution in [0.3, 0.4) is 0 Å². The SMILES string of the molecule is COc1cc(-c2nocc2-c2ccc(O)c(S)c2)cc2c1OCO2. The van der Waals surface area contributed by atoms with Crippen molar-refractivity contribution in [3.05, 3.63) is 36.6 Å². The van der Waals surface area contributed by atoms with Gasteiger partial charge in [0.25, 0.3) is 0 Å². The Labute approximate surface area is 143 Å². The first kappa shape index (κ1) is 14.8. The molecule has 1 aliphatic rings. The molecule has 0 saturated carbocycles. The van der Waals surface area contributed by atoms with Crippen molar-refractivity contribution < 1.29 is 23.8 Å². The Bertz CT molecular complexity index is 921. The van der Waals surface area contributed by atoms with Crippen LogP contribution in [0.1, 0.15) is 0 Å². The van der Waals surface area contributed by atoms with Crippen LogP contribution in [-0.4, -0.2) is 24.2 Å². The number of hydrogen-bond acceptors (Lipinski definition) is 7. The minimum Gasteiger partial charge on any atom is -0.507 e. The molecule has 3 aromatic rings. The highest BCUT2D eigenvalue weighted by molar-refractivity contribution is 7.80. The number of methoxy groups -OCH3 is 1. The number of nitrogens with zero attached hydrogens (tertiary/aromatic N) is 1. The van der Waals surface area contributed by atoms with E-state index in [0.29, 0.717) is 27.8 Å². The first-order valence-corrected chi connectivity index (χ1v) is 7.57. The summed E-state index contributed by atoms with van der Waals surface area (Å²) >= 11 is 4.25. The fourth-order valence-electron chi connectivity index (χ4n) is 2.61. The number of ether oxygens (including phenoxy) is 3. The predicted octanol–water partition coefficient (Wildman–Crippen LogP) is 3.74. The summed E-state index contributed by atoms with van der Waals surface area (Å²) in [5.41, 5.74) is 3.00. The zero-order valence-corrected chi connectivity index (χ0v) is 13.5. The number of aromatic nitrogens is 1. The lowest BCUT2D eigenvalue weighted by Gasteiger charge is -2.08. The molecule has 4 rings (SSSR count). The zero-order valence-electron chi connectivity index (χ0n) is 12.6. The normalized spacial score (nSPS) is 12.4. The van der Waals surface area contributed by atoms with Crippen molar-refractivity contribution in [3.8, 4) is 45.4 Å². The number of aromatic hydroxyl groups is 1. The highest BCUT2D eigenvalue weighted by atomic mass is 32.1. The van der Waals surface area contributed by atoms with Gasteiger partial charge in [-0.2, -0.15) is 0 Å². The lowest BCUT2D eigenvalue weighted by atomic mass is 10.0. The molecule has 24 heavy (non-hydrogen) atoms. The Morgan fingerprint density at radius 2 is 2.04 bits per heavy atom. The number of hydrogen-bond donors (Lipinski definition) is 2. The van der Waals surface area contributed by atoms with Crippen molar-refractivity contribution >= 4 is 12.6 Å². The molecule has 2 aromatic carbocycles. The van der Waals surface area contributed by atoms with Crippen LogP contribution in [0.25, 0.3) is 22.4 Å². The maximum absolute atomic E-state index is 9.64. The molecule has 2 heterocycles. The lowest BCUT2D eigenvalue weighted by molar-refractivity contribution is 0.171. The summed E-state index contributed by atoms with van der Waals surface area (Å²) in [6.07, 6.45) is 1.55. The Morgan fingerprint density at radius 3 is 2.83 bits per heavy atom. The van der Waals surface area contributed by atoms with E-state index in [0.717, 1.165) is 16.7 Å². The largest absolute Gasteiger partial charge is 0.507 e. The quantitative estimate of drug-likeness (QED) is 0.706. The number of phenolic OH excluding ortho intramolecular Hbond substituents is 1. The standard InChI is InChI=1S/C17H13NO5S/c1-20-13-4-10(5-14-17(13)22-8-21-14)16-11(7-23-18-16)9-2-3-12(19)15(24)6-9/h2-7,19,24H,8H2,1H3. The fraction of sp³-hybridized carbons (Fsp3) is 0.118. The van der Waals surface area contributed by atoms with Gasteiger partial charge in [-0.15, -0.1) is 12.6 Å². The van der Waals surface area contributed by atoms with Crippen LogP contribution in [0.2, 0.25) is 0 Å². The molecular formula is C17H13NO5S. The van der Waals surface area contributed by atoms with Gasteiger partial charge < -0.3 is 23.8 Å².